The van der Waals surface area contributed by atoms with Gasteiger partial charge in [0, 0.05) is 31.1 Å². The number of hydrogen-bond donors (Lipinski definition) is 1. The first-order valence-corrected chi connectivity index (χ1v) is 7.25. The standard InChI is InChI=1S/C12H23NOS/c1-12(2)5-8-15-9-11(12)13-10-3-6-14-7-4-10/h10-11,13H,3-9H2,1-2H3. The Hall–Kier alpha value is 0.270. The number of thioether (sulfide) groups is 1. The van der Waals surface area contributed by atoms with E-state index >= 15 is 0 Å². The number of nitrogens with one attached hydrogen (secondary N) is 1. The van der Waals surface area contributed by atoms with Gasteiger partial charge in [0.25, 0.3) is 0 Å². The predicted molar refractivity (Wildman–Crippen MR) is 66.5 cm³/mol. The average molecular weight is 229 g/mol. The first-order chi connectivity index (χ1) is 7.18. The van der Waals surface area contributed by atoms with Gasteiger partial charge in [0.2, 0.25) is 0 Å². The molecule has 2 fully saturated rings. The molecule has 1 unspecified atom stereocenters. The van der Waals surface area contributed by atoms with Crippen LogP contribution in [0.4, 0.5) is 0 Å². The van der Waals surface area contributed by atoms with Gasteiger partial charge in [0.05, 0.1) is 0 Å². The van der Waals surface area contributed by atoms with Crippen molar-refractivity contribution < 1.29 is 4.74 Å². The fraction of sp³-hybridized carbons (Fsp3) is 1.00. The SMILES string of the molecule is CC1(C)CCSCC1NC1CCOCC1. The highest BCUT2D eigenvalue weighted by molar-refractivity contribution is 7.99. The van der Waals surface area contributed by atoms with Crippen molar-refractivity contribution in [1.82, 2.24) is 5.32 Å². The van der Waals surface area contributed by atoms with Crippen LogP contribution in [0.5, 0.6) is 0 Å². The Kier molecular flexibility index (Phi) is 3.97. The number of ether oxygens (including phenoxy) is 1. The number of hydrogen-bond acceptors (Lipinski definition) is 3. The molecular formula is C12H23NOS. The molecule has 2 saturated heterocycles. The fourth-order valence-electron chi connectivity index (χ4n) is 2.36. The Labute approximate surface area is 97.5 Å². The average Bonchev–Trinajstić information content (AvgIpc) is 2.23. The largest absolute Gasteiger partial charge is 0.381 e. The van der Waals surface area contributed by atoms with Gasteiger partial charge < -0.3 is 10.1 Å². The molecule has 0 amide bonds. The van der Waals surface area contributed by atoms with E-state index in [0.29, 0.717) is 17.5 Å². The molecule has 2 heterocycles. The summed E-state index contributed by atoms with van der Waals surface area (Å²) in [5.74, 6) is 2.61. The van der Waals surface area contributed by atoms with Gasteiger partial charge in [0.1, 0.15) is 0 Å². The molecule has 0 saturated carbocycles. The van der Waals surface area contributed by atoms with Crippen molar-refractivity contribution in [2.24, 2.45) is 5.41 Å². The van der Waals surface area contributed by atoms with Crippen molar-refractivity contribution >= 4 is 11.8 Å². The summed E-state index contributed by atoms with van der Waals surface area (Å²) in [5, 5.41) is 3.85. The van der Waals surface area contributed by atoms with E-state index in [2.05, 4.69) is 30.9 Å². The summed E-state index contributed by atoms with van der Waals surface area (Å²) in [6.45, 7) is 6.70. The molecule has 0 bridgehead atoms. The molecule has 15 heavy (non-hydrogen) atoms. The summed E-state index contributed by atoms with van der Waals surface area (Å²) in [6.07, 6.45) is 3.73. The van der Waals surface area contributed by atoms with Crippen molar-refractivity contribution in [2.45, 2.75) is 45.2 Å². The highest BCUT2D eigenvalue weighted by Crippen LogP contribution is 2.34. The van der Waals surface area contributed by atoms with E-state index < -0.39 is 0 Å². The summed E-state index contributed by atoms with van der Waals surface area (Å²) in [7, 11) is 0. The third-order valence-corrected chi connectivity index (χ3v) is 4.84. The van der Waals surface area contributed by atoms with Crippen LogP contribution in [0.1, 0.15) is 33.1 Å². The van der Waals surface area contributed by atoms with Gasteiger partial charge in [-0.25, -0.2) is 0 Å². The van der Waals surface area contributed by atoms with Crippen molar-refractivity contribution in [3.8, 4) is 0 Å². The third kappa shape index (κ3) is 3.11. The quantitative estimate of drug-likeness (QED) is 0.785. The third-order valence-electron chi connectivity index (χ3n) is 3.78. The van der Waals surface area contributed by atoms with Crippen molar-refractivity contribution in [1.29, 1.82) is 0 Å². The topological polar surface area (TPSA) is 21.3 Å². The van der Waals surface area contributed by atoms with E-state index in [1.165, 1.54) is 30.8 Å². The van der Waals surface area contributed by atoms with E-state index in [4.69, 9.17) is 4.74 Å². The smallest absolute Gasteiger partial charge is 0.0480 e. The van der Waals surface area contributed by atoms with E-state index in [-0.39, 0.29) is 0 Å². The normalized spacial score (nSPS) is 32.8. The van der Waals surface area contributed by atoms with Crippen molar-refractivity contribution in [3.63, 3.8) is 0 Å². The molecule has 1 N–H and O–H groups in total. The summed E-state index contributed by atoms with van der Waals surface area (Å²) in [4.78, 5) is 0. The second-order valence-corrected chi connectivity index (χ2v) is 6.57. The van der Waals surface area contributed by atoms with Crippen LogP contribution in [0.2, 0.25) is 0 Å². The fourth-order valence-corrected chi connectivity index (χ4v) is 3.98. The summed E-state index contributed by atoms with van der Waals surface area (Å²) in [5.41, 5.74) is 0.476. The van der Waals surface area contributed by atoms with Crippen LogP contribution < -0.4 is 5.32 Å². The van der Waals surface area contributed by atoms with Gasteiger partial charge >= 0.3 is 0 Å². The van der Waals surface area contributed by atoms with Gasteiger partial charge in [-0.3, -0.25) is 0 Å². The van der Waals surface area contributed by atoms with Gasteiger partial charge in [-0.05, 0) is 30.4 Å². The van der Waals surface area contributed by atoms with E-state index in [1.54, 1.807) is 0 Å². The minimum atomic E-state index is 0.476. The van der Waals surface area contributed by atoms with E-state index in [9.17, 15) is 0 Å². The molecule has 0 radical (unpaired) electrons. The summed E-state index contributed by atoms with van der Waals surface area (Å²) < 4.78 is 5.40. The van der Waals surface area contributed by atoms with E-state index in [0.717, 1.165) is 13.2 Å². The molecule has 0 aliphatic carbocycles. The van der Waals surface area contributed by atoms with Crippen LogP contribution in [-0.4, -0.2) is 36.8 Å². The zero-order valence-electron chi connectivity index (χ0n) is 9.92. The van der Waals surface area contributed by atoms with Crippen LogP contribution in [0.15, 0.2) is 0 Å². The molecule has 2 nitrogen and oxygen atoms in total. The minimum Gasteiger partial charge on any atom is -0.381 e. The van der Waals surface area contributed by atoms with Crippen LogP contribution in [0.25, 0.3) is 0 Å². The maximum absolute atomic E-state index is 5.40. The van der Waals surface area contributed by atoms with Crippen LogP contribution in [0, 0.1) is 5.41 Å². The molecule has 0 aromatic heterocycles. The first-order valence-electron chi connectivity index (χ1n) is 6.10. The second-order valence-electron chi connectivity index (χ2n) is 5.42. The van der Waals surface area contributed by atoms with Gasteiger partial charge in [-0.1, -0.05) is 13.8 Å². The number of rotatable bonds is 2. The lowest BCUT2D eigenvalue weighted by atomic mass is 9.81. The Morgan fingerprint density at radius 1 is 1.27 bits per heavy atom. The molecule has 2 rings (SSSR count). The Bertz CT molecular complexity index is 202. The monoisotopic (exact) mass is 229 g/mol. The van der Waals surface area contributed by atoms with Crippen molar-refractivity contribution in [2.75, 3.05) is 24.7 Å². The van der Waals surface area contributed by atoms with Crippen LogP contribution in [0.3, 0.4) is 0 Å². The molecule has 0 aromatic carbocycles. The highest BCUT2D eigenvalue weighted by atomic mass is 32.2. The molecule has 3 heteroatoms. The predicted octanol–water partition coefficient (Wildman–Crippen LogP) is 2.29. The van der Waals surface area contributed by atoms with Crippen LogP contribution >= 0.6 is 11.8 Å². The lowest BCUT2D eigenvalue weighted by molar-refractivity contribution is 0.0688. The second kappa shape index (κ2) is 5.07. The highest BCUT2D eigenvalue weighted by Gasteiger charge is 2.33. The van der Waals surface area contributed by atoms with Gasteiger partial charge in [-0.2, -0.15) is 11.8 Å². The van der Waals surface area contributed by atoms with Crippen molar-refractivity contribution in [3.05, 3.63) is 0 Å². The van der Waals surface area contributed by atoms with Crippen LogP contribution in [-0.2, 0) is 4.74 Å². The maximum Gasteiger partial charge on any atom is 0.0480 e. The summed E-state index contributed by atoms with van der Waals surface area (Å²) in [6, 6.07) is 1.39. The maximum atomic E-state index is 5.40. The first kappa shape index (κ1) is 11.7. The zero-order chi connectivity index (χ0) is 10.7. The Balaban J connectivity index is 1.85. The molecular weight excluding hydrogens is 206 g/mol. The van der Waals surface area contributed by atoms with Gasteiger partial charge in [0.15, 0.2) is 0 Å². The molecule has 0 spiro atoms. The molecule has 2 aliphatic rings. The molecule has 88 valence electrons. The Morgan fingerprint density at radius 2 is 2.00 bits per heavy atom. The summed E-state index contributed by atoms with van der Waals surface area (Å²) >= 11 is 2.10. The lowest BCUT2D eigenvalue weighted by Gasteiger charge is -2.41. The zero-order valence-corrected chi connectivity index (χ0v) is 10.7. The molecule has 2 aliphatic heterocycles. The lowest BCUT2D eigenvalue weighted by Crippen LogP contribution is -2.51. The molecule has 0 aromatic rings. The Morgan fingerprint density at radius 3 is 2.67 bits per heavy atom. The molecule has 1 atom stereocenters. The van der Waals surface area contributed by atoms with Gasteiger partial charge in [-0.15, -0.1) is 0 Å². The van der Waals surface area contributed by atoms with E-state index in [1.807, 2.05) is 0 Å². The minimum absolute atomic E-state index is 0.476.